The average Bonchev–Trinajstić information content (AvgIpc) is 2.96. The second kappa shape index (κ2) is 3.89. The predicted molar refractivity (Wildman–Crippen MR) is 65.8 cm³/mol. The van der Waals surface area contributed by atoms with E-state index < -0.39 is 0 Å². The van der Waals surface area contributed by atoms with Crippen molar-refractivity contribution in [3.05, 3.63) is 29.0 Å². The molecular weight excluding hydrogens is 286 g/mol. The average molecular weight is 294 g/mol. The summed E-state index contributed by atoms with van der Waals surface area (Å²) in [7, 11) is 1.62. The molecule has 86 valence electrons. The van der Waals surface area contributed by atoms with Gasteiger partial charge in [0, 0.05) is 12.3 Å². The third-order valence-corrected chi connectivity index (χ3v) is 2.99. The van der Waals surface area contributed by atoms with Crippen LogP contribution in [0.4, 0.5) is 0 Å². The topological polar surface area (TPSA) is 63.9 Å². The molecule has 2 heterocycles. The van der Waals surface area contributed by atoms with Gasteiger partial charge in [-0.3, -0.25) is 5.10 Å². The van der Waals surface area contributed by atoms with Crippen LogP contribution in [0.25, 0.3) is 22.6 Å². The first-order valence-corrected chi connectivity index (χ1v) is 5.70. The van der Waals surface area contributed by atoms with Crippen LogP contribution in [0.1, 0.15) is 0 Å². The number of methoxy groups -OCH3 is 1. The van der Waals surface area contributed by atoms with Gasteiger partial charge in [-0.05, 0) is 22.0 Å². The summed E-state index contributed by atoms with van der Waals surface area (Å²) in [6.45, 7) is 0. The summed E-state index contributed by atoms with van der Waals surface area (Å²) < 4.78 is 11.7. The van der Waals surface area contributed by atoms with Crippen molar-refractivity contribution in [2.75, 3.05) is 7.11 Å². The van der Waals surface area contributed by atoms with Gasteiger partial charge in [0.05, 0.1) is 23.3 Å². The van der Waals surface area contributed by atoms with Crippen LogP contribution in [0.3, 0.4) is 0 Å². The lowest BCUT2D eigenvalue weighted by molar-refractivity contribution is 0.415. The molecule has 3 rings (SSSR count). The van der Waals surface area contributed by atoms with Crippen molar-refractivity contribution in [2.45, 2.75) is 0 Å². The van der Waals surface area contributed by atoms with Crippen molar-refractivity contribution < 1.29 is 9.15 Å². The molecule has 0 atom stereocenters. The molecular formula is C11H8BrN3O2. The van der Waals surface area contributed by atoms with Gasteiger partial charge in [-0.1, -0.05) is 0 Å². The van der Waals surface area contributed by atoms with E-state index >= 15 is 0 Å². The van der Waals surface area contributed by atoms with Crippen LogP contribution in [0.5, 0.6) is 5.75 Å². The molecule has 0 amide bonds. The van der Waals surface area contributed by atoms with E-state index in [1.807, 2.05) is 12.1 Å². The van der Waals surface area contributed by atoms with E-state index in [1.165, 1.54) is 0 Å². The molecule has 0 aliphatic heterocycles. The number of hydrogen-bond acceptors (Lipinski definition) is 4. The van der Waals surface area contributed by atoms with Gasteiger partial charge in [0.1, 0.15) is 11.3 Å². The van der Waals surface area contributed by atoms with Crippen molar-refractivity contribution in [1.82, 2.24) is 15.2 Å². The minimum atomic E-state index is 0.530. The Labute approximate surface area is 105 Å². The van der Waals surface area contributed by atoms with Gasteiger partial charge in [0.15, 0.2) is 5.58 Å². The molecule has 0 aliphatic rings. The van der Waals surface area contributed by atoms with Crippen LogP contribution in [-0.2, 0) is 0 Å². The molecule has 0 aliphatic carbocycles. The fourth-order valence-electron chi connectivity index (χ4n) is 1.58. The number of hydrogen-bond donors (Lipinski definition) is 1. The van der Waals surface area contributed by atoms with Crippen molar-refractivity contribution >= 4 is 27.0 Å². The fraction of sp³-hybridized carbons (Fsp3) is 0.0909. The molecule has 2 aromatic heterocycles. The summed E-state index contributed by atoms with van der Waals surface area (Å²) in [6.07, 6.45) is 3.39. The highest BCUT2D eigenvalue weighted by molar-refractivity contribution is 9.10. The molecule has 1 N–H and O–H groups in total. The van der Waals surface area contributed by atoms with Gasteiger partial charge < -0.3 is 9.15 Å². The first-order chi connectivity index (χ1) is 8.28. The largest absolute Gasteiger partial charge is 0.497 e. The molecule has 3 aromatic rings. The SMILES string of the molecule is COc1cc(Br)c2oc(-c3cn[nH]c3)nc2c1. The molecule has 6 heteroatoms. The van der Waals surface area contributed by atoms with Crippen LogP contribution in [0, 0.1) is 0 Å². The van der Waals surface area contributed by atoms with Gasteiger partial charge in [0.25, 0.3) is 0 Å². The Hall–Kier alpha value is -1.82. The van der Waals surface area contributed by atoms with Crippen LogP contribution in [0.15, 0.2) is 33.4 Å². The number of benzene rings is 1. The number of aromatic nitrogens is 3. The molecule has 1 aromatic carbocycles. The van der Waals surface area contributed by atoms with Crippen LogP contribution in [0.2, 0.25) is 0 Å². The van der Waals surface area contributed by atoms with E-state index in [1.54, 1.807) is 19.5 Å². The maximum absolute atomic E-state index is 5.67. The Balaban J connectivity index is 2.22. The summed E-state index contributed by atoms with van der Waals surface area (Å²) in [4.78, 5) is 4.39. The van der Waals surface area contributed by atoms with E-state index in [9.17, 15) is 0 Å². The summed E-state index contributed by atoms with van der Waals surface area (Å²) in [6, 6.07) is 3.67. The van der Waals surface area contributed by atoms with E-state index in [4.69, 9.17) is 9.15 Å². The normalized spacial score (nSPS) is 10.9. The number of H-pyrrole nitrogens is 1. The van der Waals surface area contributed by atoms with Crippen molar-refractivity contribution in [3.63, 3.8) is 0 Å². The minimum absolute atomic E-state index is 0.530. The lowest BCUT2D eigenvalue weighted by Crippen LogP contribution is -1.82. The maximum Gasteiger partial charge on any atom is 0.230 e. The maximum atomic E-state index is 5.67. The number of nitrogens with zero attached hydrogens (tertiary/aromatic N) is 2. The van der Waals surface area contributed by atoms with Crippen LogP contribution >= 0.6 is 15.9 Å². The van der Waals surface area contributed by atoms with Crippen molar-refractivity contribution in [1.29, 1.82) is 0 Å². The van der Waals surface area contributed by atoms with E-state index in [0.29, 0.717) is 11.5 Å². The standard InChI is InChI=1S/C11H8BrN3O2/c1-16-7-2-8(12)10-9(3-7)15-11(17-10)6-4-13-14-5-6/h2-5H,1H3,(H,13,14). The molecule has 0 fully saturated rings. The summed E-state index contributed by atoms with van der Waals surface area (Å²) in [5.41, 5.74) is 2.25. The molecule has 0 bridgehead atoms. The summed E-state index contributed by atoms with van der Waals surface area (Å²) >= 11 is 3.43. The Morgan fingerprint density at radius 3 is 3.00 bits per heavy atom. The zero-order valence-electron chi connectivity index (χ0n) is 8.90. The quantitative estimate of drug-likeness (QED) is 0.789. The first kappa shape index (κ1) is 10.3. The lowest BCUT2D eigenvalue weighted by atomic mass is 10.3. The first-order valence-electron chi connectivity index (χ1n) is 4.91. The number of ether oxygens (including phenoxy) is 1. The Bertz CT molecular complexity index is 661. The third-order valence-electron chi connectivity index (χ3n) is 2.40. The van der Waals surface area contributed by atoms with E-state index in [-0.39, 0.29) is 0 Å². The van der Waals surface area contributed by atoms with Crippen LogP contribution in [-0.4, -0.2) is 22.3 Å². The zero-order valence-corrected chi connectivity index (χ0v) is 10.5. The van der Waals surface area contributed by atoms with Gasteiger partial charge in [0.2, 0.25) is 5.89 Å². The second-order valence-electron chi connectivity index (χ2n) is 3.46. The predicted octanol–water partition coefficient (Wildman–Crippen LogP) is 2.99. The summed E-state index contributed by atoms with van der Waals surface area (Å²) in [5, 5.41) is 6.59. The second-order valence-corrected chi connectivity index (χ2v) is 4.32. The molecule has 0 saturated heterocycles. The zero-order chi connectivity index (χ0) is 11.8. The molecule has 5 nitrogen and oxygen atoms in total. The molecule has 0 spiro atoms. The third kappa shape index (κ3) is 1.70. The Morgan fingerprint density at radius 1 is 1.41 bits per heavy atom. The van der Waals surface area contributed by atoms with Crippen LogP contribution < -0.4 is 4.74 Å². The number of rotatable bonds is 2. The van der Waals surface area contributed by atoms with Gasteiger partial charge >= 0.3 is 0 Å². The monoisotopic (exact) mass is 293 g/mol. The van der Waals surface area contributed by atoms with Gasteiger partial charge in [-0.15, -0.1) is 0 Å². The van der Waals surface area contributed by atoms with E-state index in [2.05, 4.69) is 31.1 Å². The highest BCUT2D eigenvalue weighted by Gasteiger charge is 2.12. The van der Waals surface area contributed by atoms with E-state index in [0.717, 1.165) is 21.3 Å². The Morgan fingerprint density at radius 2 is 2.29 bits per heavy atom. The Kier molecular flexibility index (Phi) is 2.36. The molecule has 0 radical (unpaired) electrons. The van der Waals surface area contributed by atoms with Crippen molar-refractivity contribution in [3.8, 4) is 17.2 Å². The highest BCUT2D eigenvalue weighted by Crippen LogP contribution is 2.32. The highest BCUT2D eigenvalue weighted by atomic mass is 79.9. The molecule has 17 heavy (non-hydrogen) atoms. The molecule has 0 unspecified atom stereocenters. The van der Waals surface area contributed by atoms with Gasteiger partial charge in [-0.25, -0.2) is 4.98 Å². The smallest absolute Gasteiger partial charge is 0.230 e. The number of nitrogens with one attached hydrogen (secondary N) is 1. The molecule has 0 saturated carbocycles. The fourth-order valence-corrected chi connectivity index (χ4v) is 2.09. The van der Waals surface area contributed by atoms with Gasteiger partial charge in [-0.2, -0.15) is 5.10 Å². The lowest BCUT2D eigenvalue weighted by Gasteiger charge is -1.98. The summed E-state index contributed by atoms with van der Waals surface area (Å²) in [5.74, 6) is 1.26. The number of aromatic amines is 1. The number of fused-ring (bicyclic) bond motifs is 1. The minimum Gasteiger partial charge on any atom is -0.497 e. The number of halogens is 1. The number of oxazole rings is 1. The van der Waals surface area contributed by atoms with Crippen molar-refractivity contribution in [2.24, 2.45) is 0 Å².